The lowest BCUT2D eigenvalue weighted by atomic mass is 10.2. The topological polar surface area (TPSA) is 67.4 Å². The van der Waals surface area contributed by atoms with Crippen molar-refractivity contribution in [2.24, 2.45) is 5.92 Å². The van der Waals surface area contributed by atoms with Crippen LogP contribution in [0.25, 0.3) is 0 Å². The zero-order valence-electron chi connectivity index (χ0n) is 12.7. The Balaban J connectivity index is 2.64. The van der Waals surface area contributed by atoms with E-state index in [0.717, 1.165) is 0 Å². The van der Waals surface area contributed by atoms with Crippen molar-refractivity contribution in [1.29, 1.82) is 0 Å². The molecule has 0 heterocycles. The Hall–Kier alpha value is -1.56. The van der Waals surface area contributed by atoms with Crippen molar-refractivity contribution in [2.75, 3.05) is 13.7 Å². The van der Waals surface area contributed by atoms with Crippen LogP contribution in [0.3, 0.4) is 0 Å². The van der Waals surface area contributed by atoms with E-state index >= 15 is 0 Å². The minimum Gasteiger partial charge on any atom is -0.496 e. The van der Waals surface area contributed by atoms with Gasteiger partial charge in [0.05, 0.1) is 11.6 Å². The molecule has 0 radical (unpaired) electrons. The molecule has 1 atom stereocenters. The highest BCUT2D eigenvalue weighted by Gasteiger charge is 2.17. The van der Waals surface area contributed by atoms with E-state index in [-0.39, 0.29) is 11.8 Å². The second kappa shape index (κ2) is 8.02. The summed E-state index contributed by atoms with van der Waals surface area (Å²) in [5.41, 5.74) is 0.464. The highest BCUT2D eigenvalue weighted by molar-refractivity contribution is 9.10. The van der Waals surface area contributed by atoms with E-state index < -0.39 is 6.04 Å². The summed E-state index contributed by atoms with van der Waals surface area (Å²) in [6, 6.07) is 4.42. The summed E-state index contributed by atoms with van der Waals surface area (Å²) in [5, 5.41) is 5.46. The van der Waals surface area contributed by atoms with Gasteiger partial charge in [-0.15, -0.1) is 0 Å². The smallest absolute Gasteiger partial charge is 0.251 e. The summed E-state index contributed by atoms with van der Waals surface area (Å²) in [4.78, 5) is 23.9. The van der Waals surface area contributed by atoms with Crippen molar-refractivity contribution >= 4 is 27.7 Å². The molecule has 5 nitrogen and oxygen atoms in total. The van der Waals surface area contributed by atoms with Gasteiger partial charge in [-0.05, 0) is 47.0 Å². The summed E-state index contributed by atoms with van der Waals surface area (Å²) in [6.07, 6.45) is 0. The van der Waals surface area contributed by atoms with Crippen LogP contribution in [0.15, 0.2) is 22.7 Å². The molecule has 116 valence electrons. The molecular formula is C15H21BrN2O3. The summed E-state index contributed by atoms with van der Waals surface area (Å²) < 4.78 is 5.80. The van der Waals surface area contributed by atoms with Crippen molar-refractivity contribution < 1.29 is 14.3 Å². The van der Waals surface area contributed by atoms with Gasteiger partial charge in [0.2, 0.25) is 5.91 Å². The first kappa shape index (κ1) is 17.5. The molecule has 0 fully saturated rings. The normalized spacial score (nSPS) is 11.9. The van der Waals surface area contributed by atoms with Gasteiger partial charge in [-0.1, -0.05) is 13.8 Å². The first-order valence-electron chi connectivity index (χ1n) is 6.77. The maximum absolute atomic E-state index is 12.1. The van der Waals surface area contributed by atoms with E-state index in [1.807, 2.05) is 13.8 Å². The lowest BCUT2D eigenvalue weighted by molar-refractivity contribution is -0.122. The Bertz CT molecular complexity index is 518. The quantitative estimate of drug-likeness (QED) is 0.821. The van der Waals surface area contributed by atoms with Gasteiger partial charge < -0.3 is 15.4 Å². The predicted octanol–water partition coefficient (Wildman–Crippen LogP) is 2.35. The Morgan fingerprint density at radius 1 is 1.29 bits per heavy atom. The van der Waals surface area contributed by atoms with Crippen molar-refractivity contribution in [1.82, 2.24) is 10.6 Å². The molecular weight excluding hydrogens is 336 g/mol. The number of methoxy groups -OCH3 is 1. The van der Waals surface area contributed by atoms with E-state index in [0.29, 0.717) is 28.2 Å². The molecule has 0 saturated carbocycles. The van der Waals surface area contributed by atoms with Gasteiger partial charge in [0.25, 0.3) is 5.91 Å². The zero-order valence-corrected chi connectivity index (χ0v) is 14.3. The van der Waals surface area contributed by atoms with Crippen molar-refractivity contribution in [3.8, 4) is 5.75 Å². The molecule has 1 rings (SSSR count). The molecule has 21 heavy (non-hydrogen) atoms. The third kappa shape index (κ3) is 5.38. The summed E-state index contributed by atoms with van der Waals surface area (Å²) >= 11 is 3.33. The van der Waals surface area contributed by atoms with Crippen LogP contribution in [0.4, 0.5) is 0 Å². The van der Waals surface area contributed by atoms with Gasteiger partial charge in [-0.3, -0.25) is 9.59 Å². The first-order chi connectivity index (χ1) is 9.85. The molecule has 1 aromatic carbocycles. The molecule has 0 aromatic heterocycles. The van der Waals surface area contributed by atoms with Crippen LogP contribution >= 0.6 is 15.9 Å². The van der Waals surface area contributed by atoms with Gasteiger partial charge in [0.1, 0.15) is 11.8 Å². The molecule has 2 N–H and O–H groups in total. The van der Waals surface area contributed by atoms with Crippen molar-refractivity contribution in [2.45, 2.75) is 26.8 Å². The largest absolute Gasteiger partial charge is 0.496 e. The predicted molar refractivity (Wildman–Crippen MR) is 85.5 cm³/mol. The molecule has 0 bridgehead atoms. The van der Waals surface area contributed by atoms with Gasteiger partial charge in [0, 0.05) is 12.1 Å². The standard InChI is InChI=1S/C15H21BrN2O3/c1-9(2)8-17-14(19)10(3)18-15(20)11-5-6-13(21-4)12(16)7-11/h5-7,9-10H,8H2,1-4H3,(H,17,19)(H,18,20). The number of carbonyl (C=O) groups excluding carboxylic acids is 2. The molecule has 2 amide bonds. The summed E-state index contributed by atoms with van der Waals surface area (Å²) in [6.45, 7) is 6.27. The highest BCUT2D eigenvalue weighted by atomic mass is 79.9. The Kier molecular flexibility index (Phi) is 6.68. The minimum atomic E-state index is -0.586. The fraction of sp³-hybridized carbons (Fsp3) is 0.467. The van der Waals surface area contributed by atoms with E-state index in [9.17, 15) is 9.59 Å². The van der Waals surface area contributed by atoms with Crippen molar-refractivity contribution in [3.05, 3.63) is 28.2 Å². The number of hydrogen-bond acceptors (Lipinski definition) is 3. The molecule has 0 saturated heterocycles. The second-order valence-electron chi connectivity index (χ2n) is 5.18. The van der Waals surface area contributed by atoms with E-state index in [1.165, 1.54) is 0 Å². The van der Waals surface area contributed by atoms with Crippen LogP contribution in [0, 0.1) is 5.92 Å². The van der Waals surface area contributed by atoms with E-state index in [4.69, 9.17) is 4.74 Å². The molecule has 0 aliphatic carbocycles. The average molecular weight is 357 g/mol. The summed E-state index contributed by atoms with van der Waals surface area (Å²) in [7, 11) is 1.56. The molecule has 0 aliphatic heterocycles. The zero-order chi connectivity index (χ0) is 16.0. The fourth-order valence-corrected chi connectivity index (χ4v) is 2.15. The number of amides is 2. The fourth-order valence-electron chi connectivity index (χ4n) is 1.61. The van der Waals surface area contributed by atoms with Crippen molar-refractivity contribution in [3.63, 3.8) is 0 Å². The number of rotatable bonds is 6. The molecule has 1 unspecified atom stereocenters. The molecule has 0 spiro atoms. The van der Waals surface area contributed by atoms with E-state index in [1.54, 1.807) is 32.2 Å². The third-order valence-electron chi connectivity index (χ3n) is 2.84. The SMILES string of the molecule is COc1ccc(C(=O)NC(C)C(=O)NCC(C)C)cc1Br. The number of carbonyl (C=O) groups is 2. The number of benzene rings is 1. The maximum atomic E-state index is 12.1. The lowest BCUT2D eigenvalue weighted by Crippen LogP contribution is -2.45. The van der Waals surface area contributed by atoms with Crippen LogP contribution in [-0.2, 0) is 4.79 Å². The highest BCUT2D eigenvalue weighted by Crippen LogP contribution is 2.25. The molecule has 0 aliphatic rings. The Labute approximate surface area is 133 Å². The Morgan fingerprint density at radius 3 is 2.48 bits per heavy atom. The van der Waals surface area contributed by atoms with Crippen LogP contribution in [-0.4, -0.2) is 31.5 Å². The number of halogens is 1. The van der Waals surface area contributed by atoms with Crippen LogP contribution in [0.5, 0.6) is 5.75 Å². The van der Waals surface area contributed by atoms with E-state index in [2.05, 4.69) is 26.6 Å². The summed E-state index contributed by atoms with van der Waals surface area (Å²) in [5.74, 6) is 0.527. The lowest BCUT2D eigenvalue weighted by Gasteiger charge is -2.15. The van der Waals surface area contributed by atoms with Crippen LogP contribution < -0.4 is 15.4 Å². The van der Waals surface area contributed by atoms with Gasteiger partial charge in [-0.2, -0.15) is 0 Å². The van der Waals surface area contributed by atoms with Gasteiger partial charge in [0.15, 0.2) is 0 Å². The number of nitrogens with one attached hydrogen (secondary N) is 2. The van der Waals surface area contributed by atoms with Crippen LogP contribution in [0.2, 0.25) is 0 Å². The monoisotopic (exact) mass is 356 g/mol. The maximum Gasteiger partial charge on any atom is 0.251 e. The molecule has 6 heteroatoms. The number of ether oxygens (including phenoxy) is 1. The minimum absolute atomic E-state index is 0.190. The number of hydrogen-bond donors (Lipinski definition) is 2. The molecule has 1 aromatic rings. The second-order valence-corrected chi connectivity index (χ2v) is 6.04. The first-order valence-corrected chi connectivity index (χ1v) is 7.56. The van der Waals surface area contributed by atoms with Gasteiger partial charge in [-0.25, -0.2) is 0 Å². The average Bonchev–Trinajstić information content (AvgIpc) is 2.44. The Morgan fingerprint density at radius 2 is 1.95 bits per heavy atom. The van der Waals surface area contributed by atoms with Gasteiger partial charge >= 0.3 is 0 Å². The van der Waals surface area contributed by atoms with Crippen LogP contribution in [0.1, 0.15) is 31.1 Å². The third-order valence-corrected chi connectivity index (χ3v) is 3.46.